The second-order valence-electron chi connectivity index (χ2n) is 12.0. The molecule has 0 N–H and O–H groups in total. The van der Waals surface area contributed by atoms with Crippen molar-refractivity contribution in [2.75, 3.05) is 6.54 Å². The van der Waals surface area contributed by atoms with Gasteiger partial charge in [0.25, 0.3) is 0 Å². The van der Waals surface area contributed by atoms with Gasteiger partial charge in [0.1, 0.15) is 0 Å². The molecular weight excluding hydrogens is 486 g/mol. The molecule has 3 atom stereocenters. The van der Waals surface area contributed by atoms with E-state index < -0.39 is 23.5 Å². The van der Waals surface area contributed by atoms with Crippen molar-refractivity contribution in [3.05, 3.63) is 48.6 Å². The number of carbonyl (C=O) groups excluding carboxylic acids is 4. The van der Waals surface area contributed by atoms with Crippen molar-refractivity contribution in [1.82, 2.24) is 4.90 Å². The molecule has 5 heteroatoms. The molecule has 2 rings (SSSR count). The lowest BCUT2D eigenvalue weighted by Gasteiger charge is -2.35. The van der Waals surface area contributed by atoms with Gasteiger partial charge < -0.3 is 4.90 Å². The first kappa shape index (κ1) is 34.5. The average Bonchev–Trinajstić information content (AvgIpc) is 3.39. The van der Waals surface area contributed by atoms with Gasteiger partial charge in [-0.3, -0.25) is 19.2 Å². The highest BCUT2D eigenvalue weighted by Gasteiger charge is 2.41. The van der Waals surface area contributed by atoms with E-state index in [0.29, 0.717) is 25.8 Å². The lowest BCUT2D eigenvalue weighted by Crippen LogP contribution is -2.47. The number of Topliss-reactive ketones (excluding diaryl/α,β-unsaturated/α-hetero) is 3. The van der Waals surface area contributed by atoms with Gasteiger partial charge >= 0.3 is 0 Å². The number of hydrogen-bond acceptors (Lipinski definition) is 4. The van der Waals surface area contributed by atoms with Crippen LogP contribution in [0.4, 0.5) is 0 Å². The zero-order valence-electron chi connectivity index (χ0n) is 25.5. The van der Waals surface area contributed by atoms with Crippen molar-refractivity contribution in [2.24, 2.45) is 17.3 Å². The summed E-state index contributed by atoms with van der Waals surface area (Å²) in [6.07, 6.45) is 8.75. The lowest BCUT2D eigenvalue weighted by atomic mass is 9.76. The quantitative estimate of drug-likeness (QED) is 0.170. The maximum Gasteiger partial charge on any atom is 0.226 e. The van der Waals surface area contributed by atoms with Crippen LogP contribution in [0, 0.1) is 17.3 Å². The van der Waals surface area contributed by atoms with Crippen LogP contribution in [0.3, 0.4) is 0 Å². The van der Waals surface area contributed by atoms with Gasteiger partial charge in [-0.2, -0.15) is 0 Å². The van der Waals surface area contributed by atoms with Gasteiger partial charge in [-0.15, -0.1) is 6.58 Å². The van der Waals surface area contributed by atoms with E-state index in [2.05, 4.69) is 53.3 Å². The normalized spacial score (nSPS) is 16.6. The second kappa shape index (κ2) is 17.9. The predicted molar refractivity (Wildman–Crippen MR) is 160 cm³/mol. The molecular formula is C34H53NO4. The monoisotopic (exact) mass is 539 g/mol. The fourth-order valence-electron chi connectivity index (χ4n) is 5.28. The highest BCUT2D eigenvalue weighted by molar-refractivity contribution is 6.38. The zero-order valence-corrected chi connectivity index (χ0v) is 25.5. The molecule has 0 aliphatic carbocycles. The summed E-state index contributed by atoms with van der Waals surface area (Å²) in [5.41, 5.74) is 1.04. The van der Waals surface area contributed by atoms with Crippen molar-refractivity contribution in [3.63, 3.8) is 0 Å². The van der Waals surface area contributed by atoms with Gasteiger partial charge in [0.05, 0.1) is 6.04 Å². The number of rotatable bonds is 15. The third-order valence-corrected chi connectivity index (χ3v) is 7.36. The zero-order chi connectivity index (χ0) is 29.4. The minimum Gasteiger partial charge on any atom is -0.332 e. The molecule has 1 aromatic carbocycles. The van der Waals surface area contributed by atoms with Crippen LogP contribution >= 0.6 is 0 Å². The van der Waals surface area contributed by atoms with E-state index in [1.54, 1.807) is 11.0 Å². The Balaban J connectivity index is 0.00000242. The van der Waals surface area contributed by atoms with Gasteiger partial charge in [-0.05, 0) is 55.9 Å². The molecule has 0 radical (unpaired) electrons. The molecule has 1 amide bonds. The number of amides is 1. The van der Waals surface area contributed by atoms with Crippen molar-refractivity contribution in [3.8, 4) is 0 Å². The molecule has 1 aliphatic heterocycles. The van der Waals surface area contributed by atoms with Crippen LogP contribution in [0.5, 0.6) is 0 Å². The van der Waals surface area contributed by atoms with Crippen molar-refractivity contribution in [1.29, 1.82) is 0 Å². The van der Waals surface area contributed by atoms with Gasteiger partial charge in [-0.1, -0.05) is 90.8 Å². The van der Waals surface area contributed by atoms with Crippen molar-refractivity contribution >= 4 is 23.3 Å². The molecule has 1 saturated heterocycles. The summed E-state index contributed by atoms with van der Waals surface area (Å²) in [4.78, 5) is 54.0. The Morgan fingerprint density at radius 3 is 2.26 bits per heavy atom. The number of allylic oxidation sites excluding steroid dienone is 1. The minimum absolute atomic E-state index is 0.0368. The third-order valence-electron chi connectivity index (χ3n) is 7.36. The summed E-state index contributed by atoms with van der Waals surface area (Å²) in [7, 11) is 0. The first-order valence-electron chi connectivity index (χ1n) is 15.1. The Morgan fingerprint density at radius 2 is 1.69 bits per heavy atom. The lowest BCUT2D eigenvalue weighted by molar-refractivity contribution is -0.145. The first-order valence-corrected chi connectivity index (χ1v) is 15.1. The highest BCUT2D eigenvalue weighted by atomic mass is 16.2. The molecule has 1 aromatic rings. The van der Waals surface area contributed by atoms with Gasteiger partial charge in [0, 0.05) is 31.2 Å². The fourth-order valence-corrected chi connectivity index (χ4v) is 5.28. The van der Waals surface area contributed by atoms with Crippen LogP contribution in [-0.4, -0.2) is 40.7 Å². The van der Waals surface area contributed by atoms with E-state index in [1.807, 2.05) is 25.1 Å². The van der Waals surface area contributed by atoms with E-state index in [0.717, 1.165) is 32.1 Å². The topological polar surface area (TPSA) is 71.5 Å². The standard InChI is InChI=1S/C31H45NO4.C3H8/c1-6-8-20-27(33)29(35)24(14-7-2)22-28(34)26-19-13-21-32(26)30(36)25(31(3,4)5)18-12-17-23-15-10-9-11-16-23;1-3-2/h6,9-11,15-16,24-26H,1,7-8,12-14,17-22H2,2-5H3;3H2,1-2H3. The molecule has 218 valence electrons. The summed E-state index contributed by atoms with van der Waals surface area (Å²) in [5, 5.41) is 0. The molecule has 0 bridgehead atoms. The largest absolute Gasteiger partial charge is 0.332 e. The Kier molecular flexibility index (Phi) is 15.8. The van der Waals surface area contributed by atoms with Gasteiger partial charge in [-0.25, -0.2) is 0 Å². The van der Waals surface area contributed by atoms with Crippen molar-refractivity contribution < 1.29 is 19.2 Å². The van der Waals surface area contributed by atoms with E-state index in [4.69, 9.17) is 0 Å². The molecule has 1 fully saturated rings. The number of ketones is 3. The molecule has 0 aromatic heterocycles. The van der Waals surface area contributed by atoms with Crippen LogP contribution in [0.2, 0.25) is 0 Å². The van der Waals surface area contributed by atoms with E-state index in [1.165, 1.54) is 12.0 Å². The smallest absolute Gasteiger partial charge is 0.226 e. The van der Waals surface area contributed by atoms with Gasteiger partial charge in [0.15, 0.2) is 11.6 Å². The molecule has 3 unspecified atom stereocenters. The molecule has 0 saturated carbocycles. The number of likely N-dealkylation sites (tertiary alicyclic amines) is 1. The summed E-state index contributed by atoms with van der Waals surface area (Å²) >= 11 is 0. The van der Waals surface area contributed by atoms with Crippen molar-refractivity contribution in [2.45, 2.75) is 118 Å². The van der Waals surface area contributed by atoms with E-state index in [9.17, 15) is 19.2 Å². The Labute approximate surface area is 237 Å². The van der Waals surface area contributed by atoms with Gasteiger partial charge in [0.2, 0.25) is 11.7 Å². The second-order valence-corrected chi connectivity index (χ2v) is 12.0. The average molecular weight is 540 g/mol. The molecule has 5 nitrogen and oxygen atoms in total. The molecule has 1 heterocycles. The van der Waals surface area contributed by atoms with E-state index in [-0.39, 0.29) is 35.9 Å². The minimum atomic E-state index is -0.596. The predicted octanol–water partition coefficient (Wildman–Crippen LogP) is 7.56. The number of aryl methyl sites for hydroxylation is 1. The van der Waals surface area contributed by atoms with Crippen LogP contribution in [-0.2, 0) is 25.6 Å². The number of hydrogen-bond donors (Lipinski definition) is 0. The maximum atomic E-state index is 13.8. The molecule has 39 heavy (non-hydrogen) atoms. The number of nitrogens with zero attached hydrogens (tertiary/aromatic N) is 1. The third kappa shape index (κ3) is 11.6. The Bertz CT molecular complexity index is 915. The summed E-state index contributed by atoms with van der Waals surface area (Å²) in [5.74, 6) is -1.68. The number of benzene rings is 1. The van der Waals surface area contributed by atoms with Crippen LogP contribution < -0.4 is 0 Å². The Hall–Kier alpha value is -2.56. The Morgan fingerprint density at radius 1 is 1.05 bits per heavy atom. The van der Waals surface area contributed by atoms with Crippen LogP contribution in [0.15, 0.2) is 43.0 Å². The SMILES string of the molecule is C=CCCC(=O)C(=O)C(CCC)CC(=O)C1CCCN1C(=O)C(CCCc1ccccc1)C(C)(C)C.CCC. The summed E-state index contributed by atoms with van der Waals surface area (Å²) in [6.45, 7) is 16.7. The van der Waals surface area contributed by atoms with Crippen LogP contribution in [0.1, 0.15) is 111 Å². The highest BCUT2D eigenvalue weighted by Crippen LogP contribution is 2.35. The van der Waals surface area contributed by atoms with E-state index >= 15 is 0 Å². The fraction of sp³-hybridized carbons (Fsp3) is 0.647. The first-order chi connectivity index (χ1) is 18.5. The summed E-state index contributed by atoms with van der Waals surface area (Å²) in [6, 6.07) is 9.80. The maximum absolute atomic E-state index is 13.8. The molecule has 1 aliphatic rings. The number of carbonyl (C=O) groups is 4. The molecule has 0 spiro atoms. The van der Waals surface area contributed by atoms with Crippen LogP contribution in [0.25, 0.3) is 0 Å². The summed E-state index contributed by atoms with van der Waals surface area (Å²) < 4.78 is 0.